The molecule has 2 atom stereocenters. The van der Waals surface area contributed by atoms with Gasteiger partial charge in [-0.25, -0.2) is 4.79 Å². The summed E-state index contributed by atoms with van der Waals surface area (Å²) in [7, 11) is 0. The van der Waals surface area contributed by atoms with Crippen molar-refractivity contribution in [1.82, 2.24) is 9.55 Å². The Morgan fingerprint density at radius 2 is 2.17 bits per heavy atom. The third kappa shape index (κ3) is 1.92. The van der Waals surface area contributed by atoms with E-state index in [1.54, 1.807) is 0 Å². The van der Waals surface area contributed by atoms with Crippen LogP contribution in [-0.2, 0) is 12.8 Å². The Bertz CT molecular complexity index is 512. The quantitative estimate of drug-likeness (QED) is 0.796. The van der Waals surface area contributed by atoms with Gasteiger partial charge in [0, 0.05) is 23.5 Å². The molecule has 1 aromatic rings. The van der Waals surface area contributed by atoms with Gasteiger partial charge in [-0.1, -0.05) is 13.8 Å². The molecule has 1 saturated carbocycles. The van der Waals surface area contributed by atoms with Crippen molar-refractivity contribution in [2.75, 3.05) is 0 Å². The topological polar surface area (TPSA) is 63.8 Å². The number of nitrogens with one attached hydrogen (secondary N) is 1. The third-order valence-corrected chi connectivity index (χ3v) is 4.62. The first-order chi connectivity index (χ1) is 8.46. The van der Waals surface area contributed by atoms with Crippen molar-refractivity contribution in [2.45, 2.75) is 64.5 Å². The predicted octanol–water partition coefficient (Wildman–Crippen LogP) is 1.74. The van der Waals surface area contributed by atoms with Gasteiger partial charge in [0.15, 0.2) is 0 Å². The Labute approximate surface area is 108 Å². The number of H-pyrrole nitrogens is 1. The van der Waals surface area contributed by atoms with Crippen molar-refractivity contribution in [3.05, 3.63) is 21.9 Å². The molecule has 1 aromatic heterocycles. The van der Waals surface area contributed by atoms with Crippen LogP contribution in [-0.4, -0.2) is 15.6 Å². The number of imidazole rings is 1. The fourth-order valence-electron chi connectivity index (χ4n) is 3.55. The largest absolute Gasteiger partial charge is 0.328 e. The summed E-state index contributed by atoms with van der Waals surface area (Å²) in [4.78, 5) is 15.2. The summed E-state index contributed by atoms with van der Waals surface area (Å²) in [5, 5.41) is 0. The molecule has 4 heteroatoms. The summed E-state index contributed by atoms with van der Waals surface area (Å²) in [6.07, 6.45) is 6.21. The van der Waals surface area contributed by atoms with Crippen LogP contribution in [0.25, 0.3) is 0 Å². The molecule has 4 nitrogen and oxygen atoms in total. The van der Waals surface area contributed by atoms with Crippen LogP contribution in [0.15, 0.2) is 4.79 Å². The number of hydrogen-bond acceptors (Lipinski definition) is 2. The van der Waals surface area contributed by atoms with Crippen molar-refractivity contribution < 1.29 is 0 Å². The first kappa shape index (κ1) is 12.0. The second kappa shape index (κ2) is 3.98. The molecule has 1 fully saturated rings. The van der Waals surface area contributed by atoms with E-state index in [1.807, 2.05) is 4.57 Å². The minimum Gasteiger partial charge on any atom is -0.328 e. The van der Waals surface area contributed by atoms with E-state index in [0.717, 1.165) is 38.5 Å². The summed E-state index contributed by atoms with van der Waals surface area (Å²) in [5.41, 5.74) is 8.79. The number of aromatic nitrogens is 2. The Morgan fingerprint density at radius 3 is 2.83 bits per heavy atom. The van der Waals surface area contributed by atoms with Gasteiger partial charge in [-0.15, -0.1) is 0 Å². The fourth-order valence-corrected chi connectivity index (χ4v) is 3.55. The highest BCUT2D eigenvalue weighted by atomic mass is 16.1. The van der Waals surface area contributed by atoms with Gasteiger partial charge >= 0.3 is 5.69 Å². The molecule has 100 valence electrons. The van der Waals surface area contributed by atoms with Crippen LogP contribution in [0.2, 0.25) is 0 Å². The van der Waals surface area contributed by atoms with E-state index >= 15 is 0 Å². The summed E-state index contributed by atoms with van der Waals surface area (Å²) >= 11 is 0. The van der Waals surface area contributed by atoms with E-state index in [9.17, 15) is 4.79 Å². The zero-order valence-electron chi connectivity index (χ0n) is 11.3. The van der Waals surface area contributed by atoms with E-state index in [4.69, 9.17) is 5.73 Å². The van der Waals surface area contributed by atoms with Crippen LogP contribution in [0.5, 0.6) is 0 Å². The Hall–Kier alpha value is -1.03. The molecule has 0 radical (unpaired) electrons. The van der Waals surface area contributed by atoms with Gasteiger partial charge < -0.3 is 10.7 Å². The third-order valence-electron chi connectivity index (χ3n) is 4.62. The lowest BCUT2D eigenvalue weighted by atomic mass is 9.78. The molecular weight excluding hydrogens is 226 g/mol. The first-order valence-electron chi connectivity index (χ1n) is 7.04. The van der Waals surface area contributed by atoms with Crippen molar-refractivity contribution in [3.63, 3.8) is 0 Å². The number of aromatic amines is 1. The monoisotopic (exact) mass is 249 g/mol. The molecule has 0 aromatic carbocycles. The SMILES string of the molecule is CC1(C)CCc2[nH]c(=O)n(C3CCC(N)C3)c2C1. The maximum Gasteiger partial charge on any atom is 0.326 e. The molecule has 0 spiro atoms. The van der Waals surface area contributed by atoms with Crippen LogP contribution in [0, 0.1) is 5.41 Å². The van der Waals surface area contributed by atoms with Crippen molar-refractivity contribution in [1.29, 1.82) is 0 Å². The maximum absolute atomic E-state index is 12.2. The van der Waals surface area contributed by atoms with Crippen LogP contribution >= 0.6 is 0 Å². The molecule has 2 unspecified atom stereocenters. The smallest absolute Gasteiger partial charge is 0.326 e. The maximum atomic E-state index is 12.2. The summed E-state index contributed by atoms with van der Waals surface area (Å²) in [6.45, 7) is 4.58. The Kier molecular flexibility index (Phi) is 2.66. The molecule has 0 amide bonds. The molecule has 0 aliphatic heterocycles. The highest BCUT2D eigenvalue weighted by molar-refractivity contribution is 5.20. The zero-order chi connectivity index (χ0) is 12.9. The van der Waals surface area contributed by atoms with Crippen molar-refractivity contribution in [3.8, 4) is 0 Å². The second-order valence-electron chi connectivity index (χ2n) is 6.79. The molecule has 3 N–H and O–H groups in total. The molecule has 18 heavy (non-hydrogen) atoms. The highest BCUT2D eigenvalue weighted by Crippen LogP contribution is 2.36. The lowest BCUT2D eigenvalue weighted by molar-refractivity contribution is 0.299. The van der Waals surface area contributed by atoms with E-state index in [0.29, 0.717) is 11.5 Å². The van der Waals surface area contributed by atoms with E-state index in [1.165, 1.54) is 11.4 Å². The van der Waals surface area contributed by atoms with Gasteiger partial charge in [-0.05, 0) is 43.9 Å². The lowest BCUT2D eigenvalue weighted by Gasteiger charge is -2.30. The zero-order valence-corrected chi connectivity index (χ0v) is 11.3. The highest BCUT2D eigenvalue weighted by Gasteiger charge is 2.33. The van der Waals surface area contributed by atoms with Crippen LogP contribution in [0.4, 0.5) is 0 Å². The number of aryl methyl sites for hydroxylation is 1. The molecule has 1 heterocycles. The minimum absolute atomic E-state index is 0.0804. The standard InChI is InChI=1S/C14H23N3O/c1-14(2)6-5-11-12(8-14)17(13(18)16-11)10-4-3-9(15)7-10/h9-10H,3-8,15H2,1-2H3,(H,16,18). The average molecular weight is 249 g/mol. The summed E-state index contributed by atoms with van der Waals surface area (Å²) in [6, 6.07) is 0.588. The van der Waals surface area contributed by atoms with Crippen molar-refractivity contribution in [2.24, 2.45) is 11.1 Å². The van der Waals surface area contributed by atoms with Gasteiger partial charge in [-0.3, -0.25) is 4.57 Å². The van der Waals surface area contributed by atoms with Crippen LogP contribution in [0.1, 0.15) is 57.0 Å². The first-order valence-corrected chi connectivity index (χ1v) is 7.04. The fraction of sp³-hybridized carbons (Fsp3) is 0.786. The predicted molar refractivity (Wildman–Crippen MR) is 71.7 cm³/mol. The molecule has 3 rings (SSSR count). The van der Waals surface area contributed by atoms with Crippen LogP contribution < -0.4 is 11.4 Å². The van der Waals surface area contributed by atoms with Gasteiger partial charge in [0.2, 0.25) is 0 Å². The average Bonchev–Trinajstić information content (AvgIpc) is 2.80. The summed E-state index contributed by atoms with van der Waals surface area (Å²) < 4.78 is 2.02. The molecule has 0 saturated heterocycles. The second-order valence-corrected chi connectivity index (χ2v) is 6.79. The van der Waals surface area contributed by atoms with Gasteiger partial charge in [-0.2, -0.15) is 0 Å². The van der Waals surface area contributed by atoms with E-state index < -0.39 is 0 Å². The Morgan fingerprint density at radius 1 is 1.39 bits per heavy atom. The normalized spacial score (nSPS) is 30.4. The molecule has 0 bridgehead atoms. The van der Waals surface area contributed by atoms with Gasteiger partial charge in [0.1, 0.15) is 0 Å². The number of nitrogens with two attached hydrogens (primary N) is 1. The van der Waals surface area contributed by atoms with Gasteiger partial charge in [0.05, 0.1) is 0 Å². The lowest BCUT2D eigenvalue weighted by Crippen LogP contribution is -2.28. The molecule has 2 aliphatic carbocycles. The number of hydrogen-bond donors (Lipinski definition) is 2. The Balaban J connectivity index is 2.00. The van der Waals surface area contributed by atoms with Gasteiger partial charge in [0.25, 0.3) is 0 Å². The number of nitrogens with zero attached hydrogens (tertiary/aromatic N) is 1. The van der Waals surface area contributed by atoms with Crippen LogP contribution in [0.3, 0.4) is 0 Å². The number of fused-ring (bicyclic) bond motifs is 1. The molecular formula is C14H23N3O. The number of rotatable bonds is 1. The summed E-state index contributed by atoms with van der Waals surface area (Å²) in [5.74, 6) is 0. The molecule has 2 aliphatic rings. The minimum atomic E-state index is 0.0804. The van der Waals surface area contributed by atoms with E-state index in [2.05, 4.69) is 18.8 Å². The van der Waals surface area contributed by atoms with E-state index in [-0.39, 0.29) is 11.7 Å². The van der Waals surface area contributed by atoms with Crippen molar-refractivity contribution >= 4 is 0 Å².